The fourth-order valence-electron chi connectivity index (χ4n) is 3.50. The summed E-state index contributed by atoms with van der Waals surface area (Å²) >= 11 is 0. The summed E-state index contributed by atoms with van der Waals surface area (Å²) in [5.41, 5.74) is 0. The molecular weight excluding hydrogens is 246 g/mol. The van der Waals surface area contributed by atoms with E-state index in [4.69, 9.17) is 4.74 Å². The maximum absolute atomic E-state index is 12.6. The predicted octanol–water partition coefficient (Wildman–Crippen LogP) is 0.899. The number of hydrogen-bond donors (Lipinski definition) is 1. The number of piperidine rings is 1. The Kier molecular flexibility index (Phi) is 3.09. The number of carboxylic acids is 1. The molecule has 2 saturated heterocycles. The van der Waals surface area contributed by atoms with Crippen LogP contribution in [0.3, 0.4) is 0 Å². The van der Waals surface area contributed by atoms with E-state index in [1.54, 1.807) is 6.08 Å². The van der Waals surface area contributed by atoms with Gasteiger partial charge in [-0.3, -0.25) is 9.59 Å². The standard InChI is InChI=1S/C14H19NO4/c1-8-3-2-6-15(7-8)13(16)11-9-4-5-10(19-9)12(11)14(17)18/h4-5,8-12H,2-3,6-7H2,1H3,(H,17,18)/t8-,9-,10+,11-,12-/m0/s1. The Labute approximate surface area is 112 Å². The van der Waals surface area contributed by atoms with Gasteiger partial charge in [0.05, 0.1) is 18.1 Å². The Morgan fingerprint density at radius 1 is 1.26 bits per heavy atom. The van der Waals surface area contributed by atoms with Crippen LogP contribution in [-0.2, 0) is 14.3 Å². The number of carboxylic acid groups (broad SMARTS) is 1. The average Bonchev–Trinajstić information content (AvgIpc) is 2.97. The number of hydrogen-bond acceptors (Lipinski definition) is 3. The first-order valence-corrected chi connectivity index (χ1v) is 6.93. The summed E-state index contributed by atoms with van der Waals surface area (Å²) in [5.74, 6) is -1.75. The highest BCUT2D eigenvalue weighted by molar-refractivity contribution is 5.87. The van der Waals surface area contributed by atoms with Gasteiger partial charge < -0.3 is 14.7 Å². The van der Waals surface area contributed by atoms with Crippen LogP contribution in [-0.4, -0.2) is 47.2 Å². The first-order chi connectivity index (χ1) is 9.08. The zero-order chi connectivity index (χ0) is 13.6. The number of aliphatic carboxylic acids is 1. The van der Waals surface area contributed by atoms with E-state index in [9.17, 15) is 14.7 Å². The van der Waals surface area contributed by atoms with Crippen molar-refractivity contribution in [2.24, 2.45) is 17.8 Å². The van der Waals surface area contributed by atoms with Gasteiger partial charge in [-0.05, 0) is 18.8 Å². The van der Waals surface area contributed by atoms with Crippen LogP contribution in [0.15, 0.2) is 12.2 Å². The van der Waals surface area contributed by atoms with Crippen LogP contribution in [0.4, 0.5) is 0 Å². The highest BCUT2D eigenvalue weighted by Crippen LogP contribution is 2.40. The van der Waals surface area contributed by atoms with Gasteiger partial charge in [-0.2, -0.15) is 0 Å². The highest BCUT2D eigenvalue weighted by atomic mass is 16.5. The van der Waals surface area contributed by atoms with Crippen molar-refractivity contribution < 1.29 is 19.4 Å². The number of amides is 1. The lowest BCUT2D eigenvalue weighted by Crippen LogP contribution is -2.48. The van der Waals surface area contributed by atoms with Crippen molar-refractivity contribution in [2.45, 2.75) is 32.0 Å². The predicted molar refractivity (Wildman–Crippen MR) is 67.4 cm³/mol. The van der Waals surface area contributed by atoms with E-state index in [0.29, 0.717) is 5.92 Å². The second-order valence-corrected chi connectivity index (χ2v) is 5.87. The van der Waals surface area contributed by atoms with Gasteiger partial charge in [0.2, 0.25) is 5.91 Å². The summed E-state index contributed by atoms with van der Waals surface area (Å²) in [6, 6.07) is 0. The summed E-state index contributed by atoms with van der Waals surface area (Å²) < 4.78 is 5.56. The second-order valence-electron chi connectivity index (χ2n) is 5.87. The van der Waals surface area contributed by atoms with Crippen molar-refractivity contribution in [2.75, 3.05) is 13.1 Å². The molecule has 0 unspecified atom stereocenters. The lowest BCUT2D eigenvalue weighted by Gasteiger charge is -2.34. The molecule has 2 fully saturated rings. The van der Waals surface area contributed by atoms with Gasteiger partial charge in [-0.1, -0.05) is 19.1 Å². The number of carbonyl (C=O) groups excluding carboxylic acids is 1. The van der Waals surface area contributed by atoms with Gasteiger partial charge >= 0.3 is 5.97 Å². The molecule has 104 valence electrons. The molecule has 3 aliphatic rings. The molecule has 3 heterocycles. The normalized spacial score (nSPS) is 40.7. The van der Waals surface area contributed by atoms with Gasteiger partial charge in [0.15, 0.2) is 0 Å². The molecule has 2 bridgehead atoms. The number of nitrogens with zero attached hydrogens (tertiary/aromatic N) is 1. The molecule has 0 radical (unpaired) electrons. The van der Waals surface area contributed by atoms with Crippen molar-refractivity contribution in [3.05, 3.63) is 12.2 Å². The molecule has 3 rings (SSSR count). The fraction of sp³-hybridized carbons (Fsp3) is 0.714. The van der Waals surface area contributed by atoms with E-state index in [0.717, 1.165) is 25.9 Å². The van der Waals surface area contributed by atoms with Crippen LogP contribution in [0.1, 0.15) is 19.8 Å². The van der Waals surface area contributed by atoms with E-state index in [-0.39, 0.29) is 12.0 Å². The zero-order valence-electron chi connectivity index (χ0n) is 11.0. The molecule has 5 atom stereocenters. The first kappa shape index (κ1) is 12.7. The summed E-state index contributed by atoms with van der Waals surface area (Å²) in [4.78, 5) is 25.8. The minimum absolute atomic E-state index is 0.0456. The van der Waals surface area contributed by atoms with Crippen LogP contribution in [0, 0.1) is 17.8 Å². The van der Waals surface area contributed by atoms with Crippen molar-refractivity contribution in [1.82, 2.24) is 4.90 Å². The van der Waals surface area contributed by atoms with Gasteiger partial charge in [-0.25, -0.2) is 0 Å². The average molecular weight is 265 g/mol. The summed E-state index contributed by atoms with van der Waals surface area (Å²) in [5, 5.41) is 9.32. The van der Waals surface area contributed by atoms with E-state index >= 15 is 0 Å². The van der Waals surface area contributed by atoms with Crippen LogP contribution in [0.2, 0.25) is 0 Å². The number of likely N-dealkylation sites (tertiary alicyclic amines) is 1. The van der Waals surface area contributed by atoms with Crippen LogP contribution in [0.5, 0.6) is 0 Å². The van der Waals surface area contributed by atoms with Gasteiger partial charge in [-0.15, -0.1) is 0 Å². The highest BCUT2D eigenvalue weighted by Gasteiger charge is 2.54. The third kappa shape index (κ3) is 2.06. The molecule has 1 N–H and O–H groups in total. The first-order valence-electron chi connectivity index (χ1n) is 6.93. The van der Waals surface area contributed by atoms with E-state index in [1.165, 1.54) is 0 Å². The summed E-state index contributed by atoms with van der Waals surface area (Å²) in [6.45, 7) is 3.61. The Hall–Kier alpha value is -1.36. The number of carbonyl (C=O) groups is 2. The molecule has 5 heteroatoms. The third-order valence-corrected chi connectivity index (χ3v) is 4.44. The van der Waals surface area contributed by atoms with E-state index in [2.05, 4.69) is 6.92 Å². The Balaban J connectivity index is 1.78. The number of rotatable bonds is 2. The van der Waals surface area contributed by atoms with Crippen LogP contribution in [0.25, 0.3) is 0 Å². The summed E-state index contributed by atoms with van der Waals surface area (Å²) in [7, 11) is 0. The van der Waals surface area contributed by atoms with Crippen molar-refractivity contribution in [3.63, 3.8) is 0 Å². The van der Waals surface area contributed by atoms with Crippen molar-refractivity contribution in [1.29, 1.82) is 0 Å². The lowest BCUT2D eigenvalue weighted by atomic mass is 9.81. The van der Waals surface area contributed by atoms with Crippen LogP contribution >= 0.6 is 0 Å². The molecule has 0 aliphatic carbocycles. The maximum atomic E-state index is 12.6. The van der Waals surface area contributed by atoms with Gasteiger partial charge in [0.25, 0.3) is 0 Å². The minimum atomic E-state index is -0.930. The molecule has 5 nitrogen and oxygen atoms in total. The quantitative estimate of drug-likeness (QED) is 0.753. The molecule has 0 aromatic heterocycles. The lowest BCUT2D eigenvalue weighted by molar-refractivity contribution is -0.150. The monoisotopic (exact) mass is 265 g/mol. The minimum Gasteiger partial charge on any atom is -0.481 e. The van der Waals surface area contributed by atoms with Gasteiger partial charge in [0.1, 0.15) is 5.92 Å². The number of ether oxygens (including phenoxy) is 1. The van der Waals surface area contributed by atoms with Crippen molar-refractivity contribution in [3.8, 4) is 0 Å². The largest absolute Gasteiger partial charge is 0.481 e. The van der Waals surface area contributed by atoms with Crippen LogP contribution < -0.4 is 0 Å². The Morgan fingerprint density at radius 3 is 2.58 bits per heavy atom. The second kappa shape index (κ2) is 4.63. The molecular formula is C14H19NO4. The zero-order valence-corrected chi connectivity index (χ0v) is 11.0. The SMILES string of the molecule is C[C@H]1CCCN(C(=O)[C@@H]2[C@@H](C(=O)O)[C@H]3C=C[C@@H]2O3)C1. The maximum Gasteiger partial charge on any atom is 0.310 e. The van der Waals surface area contributed by atoms with Crippen molar-refractivity contribution >= 4 is 11.9 Å². The smallest absolute Gasteiger partial charge is 0.310 e. The molecule has 19 heavy (non-hydrogen) atoms. The summed E-state index contributed by atoms with van der Waals surface area (Å²) in [6.07, 6.45) is 4.96. The molecule has 1 amide bonds. The van der Waals surface area contributed by atoms with Gasteiger partial charge in [0, 0.05) is 13.1 Å². The molecule has 3 aliphatic heterocycles. The topological polar surface area (TPSA) is 66.8 Å². The molecule has 0 aromatic rings. The fourth-order valence-corrected chi connectivity index (χ4v) is 3.50. The molecule has 0 saturated carbocycles. The molecule has 0 spiro atoms. The number of fused-ring (bicyclic) bond motifs is 2. The van der Waals surface area contributed by atoms with E-state index < -0.39 is 23.9 Å². The Morgan fingerprint density at radius 2 is 1.95 bits per heavy atom. The molecule has 0 aromatic carbocycles. The van der Waals surface area contributed by atoms with E-state index in [1.807, 2.05) is 11.0 Å². The third-order valence-electron chi connectivity index (χ3n) is 4.44. The Bertz CT molecular complexity index is 433.